The van der Waals surface area contributed by atoms with E-state index >= 15 is 0 Å². The van der Waals surface area contributed by atoms with E-state index in [4.69, 9.17) is 11.6 Å². The molecule has 0 radical (unpaired) electrons. The van der Waals surface area contributed by atoms with Gasteiger partial charge in [0.15, 0.2) is 0 Å². The minimum Gasteiger partial charge on any atom is -0.341 e. The highest BCUT2D eigenvalue weighted by molar-refractivity contribution is 6.30. The monoisotopic (exact) mass is 530 g/mol. The summed E-state index contributed by atoms with van der Waals surface area (Å²) < 4.78 is 41.2. The molecule has 1 N–H and O–H groups in total. The van der Waals surface area contributed by atoms with Crippen LogP contribution in [-0.2, 0) is 22.9 Å². The number of hydrogen-bond acceptors (Lipinski definition) is 2. The Hall–Kier alpha value is -2.86. The molecule has 1 aliphatic rings. The summed E-state index contributed by atoms with van der Waals surface area (Å²) in [5, 5.41) is 3.58. The normalized spacial score (nSPS) is 15.4. The van der Waals surface area contributed by atoms with Crippen LogP contribution in [-0.4, -0.2) is 10.9 Å². The minimum atomic E-state index is -4.52. The number of pyridine rings is 1. The van der Waals surface area contributed by atoms with Gasteiger partial charge in [0.25, 0.3) is 0 Å². The number of aromatic nitrogens is 1. The zero-order valence-electron chi connectivity index (χ0n) is 21.5. The molecular formula is C30H34ClF3N2O. The SMILES string of the molecule is CC.Cc1cc(Cl)cnc1C(Cc1ccccc1)(NC(=O)CC1CCCC1)c1cccc(C(F)(F)F)c1. The van der Waals surface area contributed by atoms with Gasteiger partial charge < -0.3 is 5.32 Å². The second-order valence-corrected chi connectivity index (χ2v) is 9.80. The van der Waals surface area contributed by atoms with Gasteiger partial charge in [-0.1, -0.05) is 80.8 Å². The van der Waals surface area contributed by atoms with E-state index in [2.05, 4.69) is 10.3 Å². The topological polar surface area (TPSA) is 42.0 Å². The van der Waals surface area contributed by atoms with Crippen LogP contribution >= 0.6 is 11.6 Å². The molecule has 1 heterocycles. The van der Waals surface area contributed by atoms with Crippen molar-refractivity contribution in [2.75, 3.05) is 0 Å². The summed E-state index contributed by atoms with van der Waals surface area (Å²) in [6, 6.07) is 16.3. The Labute approximate surface area is 222 Å². The van der Waals surface area contributed by atoms with E-state index in [9.17, 15) is 18.0 Å². The van der Waals surface area contributed by atoms with E-state index in [1.54, 1.807) is 12.1 Å². The molecule has 3 nitrogen and oxygen atoms in total. The first-order valence-electron chi connectivity index (χ1n) is 12.8. The van der Waals surface area contributed by atoms with Crippen molar-refractivity contribution in [3.8, 4) is 0 Å². The van der Waals surface area contributed by atoms with E-state index in [1.165, 1.54) is 12.3 Å². The lowest BCUT2D eigenvalue weighted by atomic mass is 9.78. The predicted molar refractivity (Wildman–Crippen MR) is 142 cm³/mol. The maximum Gasteiger partial charge on any atom is 0.416 e. The first-order valence-corrected chi connectivity index (χ1v) is 13.2. The Bertz CT molecular complexity index is 1180. The summed E-state index contributed by atoms with van der Waals surface area (Å²) in [7, 11) is 0. The molecule has 3 aromatic rings. The van der Waals surface area contributed by atoms with E-state index in [0.717, 1.165) is 43.4 Å². The third kappa shape index (κ3) is 7.13. The number of alkyl halides is 3. The third-order valence-electron chi connectivity index (χ3n) is 6.75. The first kappa shape index (κ1) is 28.7. The number of aryl methyl sites for hydroxylation is 1. The van der Waals surface area contributed by atoms with Crippen LogP contribution in [0.15, 0.2) is 66.9 Å². The van der Waals surface area contributed by atoms with E-state index in [0.29, 0.717) is 28.3 Å². The van der Waals surface area contributed by atoms with Crippen molar-refractivity contribution in [2.45, 2.75) is 71.0 Å². The quantitative estimate of drug-likeness (QED) is 0.334. The van der Waals surface area contributed by atoms with Crippen LogP contribution in [0.4, 0.5) is 13.2 Å². The fourth-order valence-corrected chi connectivity index (χ4v) is 5.33. The number of carbonyl (C=O) groups excluding carboxylic acids is 1. The van der Waals surface area contributed by atoms with Crippen molar-refractivity contribution in [3.05, 3.63) is 99.8 Å². The Kier molecular flexibility index (Phi) is 9.77. The van der Waals surface area contributed by atoms with Gasteiger partial charge in [0.2, 0.25) is 5.91 Å². The molecule has 0 saturated heterocycles. The van der Waals surface area contributed by atoms with Crippen molar-refractivity contribution < 1.29 is 18.0 Å². The van der Waals surface area contributed by atoms with Crippen molar-refractivity contribution in [3.63, 3.8) is 0 Å². The van der Waals surface area contributed by atoms with Crippen molar-refractivity contribution >= 4 is 17.5 Å². The molecule has 1 fully saturated rings. The lowest BCUT2D eigenvalue weighted by molar-refractivity contribution is -0.137. The van der Waals surface area contributed by atoms with Crippen LogP contribution in [0.5, 0.6) is 0 Å². The van der Waals surface area contributed by atoms with Crippen LogP contribution in [0.25, 0.3) is 0 Å². The van der Waals surface area contributed by atoms with E-state index in [1.807, 2.05) is 51.1 Å². The van der Waals surface area contributed by atoms with E-state index < -0.39 is 17.3 Å². The summed E-state index contributed by atoms with van der Waals surface area (Å²) in [6.07, 6.45) is 1.69. The number of nitrogens with zero attached hydrogens (tertiary/aromatic N) is 1. The van der Waals surface area contributed by atoms with Crippen LogP contribution < -0.4 is 5.32 Å². The van der Waals surface area contributed by atoms with Gasteiger partial charge in [0.05, 0.1) is 16.3 Å². The fourth-order valence-electron chi connectivity index (χ4n) is 5.11. The molecule has 37 heavy (non-hydrogen) atoms. The largest absolute Gasteiger partial charge is 0.416 e. The van der Waals surface area contributed by atoms with Crippen LogP contribution in [0, 0.1) is 12.8 Å². The fraction of sp³-hybridized carbons (Fsp3) is 0.400. The average Bonchev–Trinajstić information content (AvgIpc) is 3.38. The third-order valence-corrected chi connectivity index (χ3v) is 6.95. The van der Waals surface area contributed by atoms with Gasteiger partial charge >= 0.3 is 6.18 Å². The number of hydrogen-bond donors (Lipinski definition) is 1. The molecule has 0 spiro atoms. The maximum atomic E-state index is 13.7. The molecule has 1 aliphatic carbocycles. The smallest absolute Gasteiger partial charge is 0.341 e. The van der Waals surface area contributed by atoms with Gasteiger partial charge in [-0.2, -0.15) is 13.2 Å². The summed E-state index contributed by atoms with van der Waals surface area (Å²) in [4.78, 5) is 18.0. The van der Waals surface area contributed by atoms with Crippen molar-refractivity contribution in [1.29, 1.82) is 0 Å². The van der Waals surface area contributed by atoms with Crippen LogP contribution in [0.1, 0.15) is 73.9 Å². The number of nitrogens with one attached hydrogen (secondary N) is 1. The molecular weight excluding hydrogens is 497 g/mol. The second-order valence-electron chi connectivity index (χ2n) is 9.37. The summed E-state index contributed by atoms with van der Waals surface area (Å²) in [5.74, 6) is 0.0894. The molecule has 1 amide bonds. The molecule has 7 heteroatoms. The number of amides is 1. The highest BCUT2D eigenvalue weighted by Crippen LogP contribution is 2.39. The van der Waals surface area contributed by atoms with Gasteiger partial charge in [0, 0.05) is 19.0 Å². The molecule has 0 aliphatic heterocycles. The molecule has 1 aromatic heterocycles. The Morgan fingerprint density at radius 1 is 1.00 bits per heavy atom. The highest BCUT2D eigenvalue weighted by Gasteiger charge is 2.41. The van der Waals surface area contributed by atoms with Gasteiger partial charge in [-0.15, -0.1) is 0 Å². The van der Waals surface area contributed by atoms with Gasteiger partial charge in [-0.3, -0.25) is 9.78 Å². The lowest BCUT2D eigenvalue weighted by Crippen LogP contribution is -2.50. The van der Waals surface area contributed by atoms with Crippen LogP contribution in [0.3, 0.4) is 0 Å². The molecule has 1 saturated carbocycles. The molecule has 2 aromatic carbocycles. The number of rotatable bonds is 7. The first-order chi connectivity index (χ1) is 17.7. The molecule has 4 rings (SSSR count). The number of carbonyl (C=O) groups is 1. The summed E-state index contributed by atoms with van der Waals surface area (Å²) in [6.45, 7) is 5.81. The summed E-state index contributed by atoms with van der Waals surface area (Å²) >= 11 is 6.18. The Morgan fingerprint density at radius 2 is 1.65 bits per heavy atom. The number of benzene rings is 2. The Morgan fingerprint density at radius 3 is 2.27 bits per heavy atom. The zero-order chi connectivity index (χ0) is 27.1. The Balaban J connectivity index is 0.00000186. The van der Waals surface area contributed by atoms with E-state index in [-0.39, 0.29) is 18.2 Å². The predicted octanol–water partition coefficient (Wildman–Crippen LogP) is 8.27. The summed E-state index contributed by atoms with van der Waals surface area (Å²) in [5.41, 5.74) is 0.268. The molecule has 198 valence electrons. The van der Waals surface area contributed by atoms with Gasteiger partial charge in [0.1, 0.15) is 5.54 Å². The average molecular weight is 531 g/mol. The standard InChI is InChI=1S/C28H28ClF3N2O.C2H6/c1-19-14-24(29)18-33-26(19)27(17-21-10-3-2-4-11-21,34-25(35)15-20-8-5-6-9-20)22-12-7-13-23(16-22)28(30,31)32;1-2/h2-4,7,10-14,16,18,20H,5-6,8-9,15,17H2,1H3,(H,34,35);1-2H3. The van der Waals surface area contributed by atoms with Crippen LogP contribution in [0.2, 0.25) is 5.02 Å². The lowest BCUT2D eigenvalue weighted by Gasteiger charge is -2.37. The zero-order valence-corrected chi connectivity index (χ0v) is 22.3. The maximum absolute atomic E-state index is 13.7. The van der Waals surface area contributed by atoms with Gasteiger partial charge in [-0.05, 0) is 60.6 Å². The number of halogens is 4. The molecule has 1 atom stereocenters. The van der Waals surface area contributed by atoms with Gasteiger partial charge in [-0.25, -0.2) is 0 Å². The second kappa shape index (κ2) is 12.6. The van der Waals surface area contributed by atoms with Crippen molar-refractivity contribution in [1.82, 2.24) is 10.3 Å². The molecule has 1 unspecified atom stereocenters. The minimum absolute atomic E-state index is 0.193. The highest BCUT2D eigenvalue weighted by atomic mass is 35.5. The molecule has 0 bridgehead atoms. The van der Waals surface area contributed by atoms with Crippen molar-refractivity contribution in [2.24, 2.45) is 5.92 Å².